The van der Waals surface area contributed by atoms with E-state index in [4.69, 9.17) is 4.74 Å². The van der Waals surface area contributed by atoms with Crippen LogP contribution in [0.5, 0.6) is 0 Å². The highest BCUT2D eigenvalue weighted by Gasteiger charge is 2.02. The molecule has 0 aliphatic rings. The third kappa shape index (κ3) is 8.01. The lowest BCUT2D eigenvalue weighted by Gasteiger charge is -2.10. The molecule has 116 valence electrons. The van der Waals surface area contributed by atoms with Gasteiger partial charge in [-0.05, 0) is 19.8 Å². The lowest BCUT2D eigenvalue weighted by atomic mass is 10.4. The Hall–Kier alpha value is -0.410. The van der Waals surface area contributed by atoms with Gasteiger partial charge in [-0.1, -0.05) is 6.92 Å². The Morgan fingerprint density at radius 3 is 2.80 bits per heavy atom. The first-order valence-corrected chi connectivity index (χ1v) is 7.57. The number of aromatic nitrogens is 1. The van der Waals surface area contributed by atoms with Gasteiger partial charge < -0.3 is 15.4 Å². The SMILES string of the molecule is CCOCCCNC(=NC)NCc1ncc(CC)s1.I. The number of guanidine groups is 1. The van der Waals surface area contributed by atoms with Crippen LogP contribution in [0.3, 0.4) is 0 Å². The zero-order valence-electron chi connectivity index (χ0n) is 12.4. The molecule has 0 unspecified atom stereocenters. The van der Waals surface area contributed by atoms with E-state index in [1.165, 1.54) is 4.88 Å². The molecule has 1 rings (SSSR count). The maximum Gasteiger partial charge on any atom is 0.191 e. The predicted molar refractivity (Wildman–Crippen MR) is 96.2 cm³/mol. The minimum absolute atomic E-state index is 0. The highest BCUT2D eigenvalue weighted by Crippen LogP contribution is 2.12. The van der Waals surface area contributed by atoms with Crippen molar-refractivity contribution in [2.75, 3.05) is 26.8 Å². The van der Waals surface area contributed by atoms with E-state index >= 15 is 0 Å². The maximum absolute atomic E-state index is 5.28. The Bertz CT molecular complexity index is 384. The quantitative estimate of drug-likeness (QED) is 0.298. The van der Waals surface area contributed by atoms with E-state index in [1.54, 1.807) is 18.4 Å². The first-order valence-electron chi connectivity index (χ1n) is 6.76. The fourth-order valence-corrected chi connectivity index (χ4v) is 2.30. The highest BCUT2D eigenvalue weighted by molar-refractivity contribution is 14.0. The number of halogens is 1. The summed E-state index contributed by atoms with van der Waals surface area (Å²) in [6, 6.07) is 0. The van der Waals surface area contributed by atoms with Crippen LogP contribution in [0.1, 0.15) is 30.2 Å². The molecule has 5 nitrogen and oxygen atoms in total. The van der Waals surface area contributed by atoms with Crippen molar-refractivity contribution < 1.29 is 4.74 Å². The van der Waals surface area contributed by atoms with Gasteiger partial charge in [0, 0.05) is 37.9 Å². The topological polar surface area (TPSA) is 58.5 Å². The second-order valence-electron chi connectivity index (χ2n) is 3.98. The number of hydrogen-bond donors (Lipinski definition) is 2. The fourth-order valence-electron chi connectivity index (χ4n) is 1.50. The van der Waals surface area contributed by atoms with Gasteiger partial charge in [0.05, 0.1) is 6.54 Å². The number of ether oxygens (including phenoxy) is 1. The summed E-state index contributed by atoms with van der Waals surface area (Å²) in [5.41, 5.74) is 0. The normalized spacial score (nSPS) is 11.1. The second kappa shape index (κ2) is 12.3. The Kier molecular flexibility index (Phi) is 12.1. The van der Waals surface area contributed by atoms with Crippen LogP contribution < -0.4 is 10.6 Å². The molecule has 0 bridgehead atoms. The molecule has 0 spiro atoms. The van der Waals surface area contributed by atoms with Gasteiger partial charge in [0.15, 0.2) is 5.96 Å². The molecular formula is C13H25IN4OS. The molecule has 0 fully saturated rings. The van der Waals surface area contributed by atoms with Gasteiger partial charge in [-0.15, -0.1) is 35.3 Å². The maximum atomic E-state index is 5.28. The van der Waals surface area contributed by atoms with Gasteiger partial charge in [0.25, 0.3) is 0 Å². The third-order valence-corrected chi connectivity index (χ3v) is 3.68. The number of hydrogen-bond acceptors (Lipinski definition) is 4. The van der Waals surface area contributed by atoms with E-state index < -0.39 is 0 Å². The van der Waals surface area contributed by atoms with E-state index in [9.17, 15) is 0 Å². The van der Waals surface area contributed by atoms with Crippen molar-refractivity contribution in [1.29, 1.82) is 0 Å². The van der Waals surface area contributed by atoms with Crippen LogP contribution in [-0.4, -0.2) is 37.7 Å². The lowest BCUT2D eigenvalue weighted by Crippen LogP contribution is -2.37. The standard InChI is InChI=1S/C13H24N4OS.HI/c1-4-11-9-16-12(19-11)10-17-13(14-3)15-7-6-8-18-5-2;/h9H,4-8,10H2,1-3H3,(H2,14,15,17);1H. The highest BCUT2D eigenvalue weighted by atomic mass is 127. The molecule has 0 amide bonds. The smallest absolute Gasteiger partial charge is 0.191 e. The van der Waals surface area contributed by atoms with E-state index in [1.807, 2.05) is 13.1 Å². The van der Waals surface area contributed by atoms with E-state index in [2.05, 4.69) is 27.5 Å². The van der Waals surface area contributed by atoms with Gasteiger partial charge in [-0.2, -0.15) is 0 Å². The van der Waals surface area contributed by atoms with Gasteiger partial charge in [0.1, 0.15) is 5.01 Å². The number of rotatable bonds is 8. The first kappa shape index (κ1) is 19.6. The minimum Gasteiger partial charge on any atom is -0.382 e. The number of aliphatic imine (C=N–C) groups is 1. The third-order valence-electron chi connectivity index (χ3n) is 2.54. The molecule has 20 heavy (non-hydrogen) atoms. The molecule has 0 aliphatic heterocycles. The minimum atomic E-state index is 0. The lowest BCUT2D eigenvalue weighted by molar-refractivity contribution is 0.145. The molecule has 0 saturated carbocycles. The predicted octanol–water partition coefficient (Wildman–Crippen LogP) is 2.42. The summed E-state index contributed by atoms with van der Waals surface area (Å²) in [6.07, 6.45) is 3.97. The summed E-state index contributed by atoms with van der Waals surface area (Å²) in [7, 11) is 1.77. The van der Waals surface area contributed by atoms with Crippen LogP contribution in [0.4, 0.5) is 0 Å². The summed E-state index contributed by atoms with van der Waals surface area (Å²) in [6.45, 7) is 7.28. The van der Waals surface area contributed by atoms with Crippen molar-refractivity contribution in [3.8, 4) is 0 Å². The molecule has 0 aromatic carbocycles. The molecular weight excluding hydrogens is 387 g/mol. The molecule has 0 radical (unpaired) electrons. The average Bonchev–Trinajstić information content (AvgIpc) is 2.90. The Morgan fingerprint density at radius 1 is 1.40 bits per heavy atom. The molecule has 0 aliphatic carbocycles. The number of aryl methyl sites for hydroxylation is 1. The van der Waals surface area contributed by atoms with E-state index in [-0.39, 0.29) is 24.0 Å². The molecule has 1 heterocycles. The van der Waals surface area contributed by atoms with Crippen LogP contribution in [0.15, 0.2) is 11.2 Å². The van der Waals surface area contributed by atoms with Gasteiger partial charge >= 0.3 is 0 Å². The summed E-state index contributed by atoms with van der Waals surface area (Å²) < 4.78 is 5.28. The average molecular weight is 412 g/mol. The van der Waals surface area contributed by atoms with Crippen molar-refractivity contribution in [3.63, 3.8) is 0 Å². The Morgan fingerprint density at radius 2 is 2.20 bits per heavy atom. The Balaban J connectivity index is 0.00000361. The van der Waals surface area contributed by atoms with E-state index in [0.717, 1.165) is 50.1 Å². The number of thiazole rings is 1. The molecule has 7 heteroatoms. The van der Waals surface area contributed by atoms with Crippen LogP contribution in [0.2, 0.25) is 0 Å². The van der Waals surface area contributed by atoms with Crippen molar-refractivity contribution in [2.24, 2.45) is 4.99 Å². The summed E-state index contributed by atoms with van der Waals surface area (Å²) in [5.74, 6) is 0.810. The van der Waals surface area contributed by atoms with Crippen LogP contribution in [0, 0.1) is 0 Å². The summed E-state index contributed by atoms with van der Waals surface area (Å²) in [4.78, 5) is 9.86. The van der Waals surface area contributed by atoms with Gasteiger partial charge in [0.2, 0.25) is 0 Å². The summed E-state index contributed by atoms with van der Waals surface area (Å²) in [5, 5.41) is 7.61. The number of nitrogens with zero attached hydrogens (tertiary/aromatic N) is 2. The Labute approximate surface area is 142 Å². The van der Waals surface area contributed by atoms with Crippen molar-refractivity contribution >= 4 is 41.3 Å². The van der Waals surface area contributed by atoms with Crippen LogP contribution in [0.25, 0.3) is 0 Å². The first-order chi connectivity index (χ1) is 9.30. The van der Waals surface area contributed by atoms with E-state index in [0.29, 0.717) is 0 Å². The fraction of sp³-hybridized carbons (Fsp3) is 0.692. The molecule has 1 aromatic heterocycles. The molecule has 0 saturated heterocycles. The van der Waals surface area contributed by atoms with Crippen LogP contribution >= 0.6 is 35.3 Å². The zero-order chi connectivity index (χ0) is 13.9. The van der Waals surface area contributed by atoms with Crippen molar-refractivity contribution in [2.45, 2.75) is 33.2 Å². The van der Waals surface area contributed by atoms with Crippen molar-refractivity contribution in [3.05, 3.63) is 16.1 Å². The van der Waals surface area contributed by atoms with Crippen molar-refractivity contribution in [1.82, 2.24) is 15.6 Å². The van der Waals surface area contributed by atoms with Gasteiger partial charge in [-0.25, -0.2) is 4.98 Å². The second-order valence-corrected chi connectivity index (χ2v) is 5.18. The zero-order valence-corrected chi connectivity index (χ0v) is 15.6. The molecule has 1 aromatic rings. The van der Waals surface area contributed by atoms with Crippen LogP contribution in [-0.2, 0) is 17.7 Å². The van der Waals surface area contributed by atoms with Gasteiger partial charge in [-0.3, -0.25) is 4.99 Å². The largest absolute Gasteiger partial charge is 0.382 e. The number of nitrogens with one attached hydrogen (secondary N) is 2. The monoisotopic (exact) mass is 412 g/mol. The molecule has 0 atom stereocenters. The molecule has 2 N–H and O–H groups in total. The summed E-state index contributed by atoms with van der Waals surface area (Å²) >= 11 is 1.74.